The molecule has 0 spiro atoms. The molecule has 0 saturated carbocycles. The molecule has 0 fully saturated rings. The number of nitrogens with one attached hydrogen (secondary N) is 1. The summed E-state index contributed by atoms with van der Waals surface area (Å²) in [5.41, 5.74) is 0. The van der Waals surface area contributed by atoms with Crippen LogP contribution < -0.4 is 5.32 Å². The van der Waals surface area contributed by atoms with E-state index in [1.54, 1.807) is 0 Å². The molecule has 0 bridgehead atoms. The van der Waals surface area contributed by atoms with Gasteiger partial charge in [0, 0.05) is 10.4 Å². The van der Waals surface area contributed by atoms with Crippen LogP contribution >= 0.6 is 0 Å². The Hall–Kier alpha value is 0.518. The van der Waals surface area contributed by atoms with Gasteiger partial charge in [-0.05, 0) is 25.9 Å². The van der Waals surface area contributed by atoms with Crippen molar-refractivity contribution in [3.63, 3.8) is 0 Å². The molecule has 0 atom stereocenters. The van der Waals surface area contributed by atoms with Gasteiger partial charge in [0.15, 0.2) is 0 Å². The van der Waals surface area contributed by atoms with Crippen LogP contribution in [0.25, 0.3) is 0 Å². The van der Waals surface area contributed by atoms with Gasteiger partial charge in [-0.2, -0.15) is 0 Å². The van der Waals surface area contributed by atoms with Gasteiger partial charge in [-0.15, -0.1) is 0 Å². The second-order valence-electron chi connectivity index (χ2n) is 5.69. The maximum Gasteiger partial charge on any atom is 2.00 e. The summed E-state index contributed by atoms with van der Waals surface area (Å²) in [5, 5.41) is 3.57. The molecular formula is C16H35NO4PtS. The van der Waals surface area contributed by atoms with Crippen molar-refractivity contribution in [3.05, 3.63) is 0 Å². The van der Waals surface area contributed by atoms with E-state index in [0.717, 1.165) is 0 Å². The Morgan fingerprint density at radius 1 is 0.652 bits per heavy atom. The summed E-state index contributed by atoms with van der Waals surface area (Å²) in [4.78, 5) is 0. The number of hydrogen-bond acceptors (Lipinski definition) is 5. The van der Waals surface area contributed by atoms with E-state index in [-0.39, 0.29) is 21.1 Å². The van der Waals surface area contributed by atoms with Gasteiger partial charge in [0.2, 0.25) is 0 Å². The molecule has 7 heteroatoms. The van der Waals surface area contributed by atoms with Gasteiger partial charge in [0.1, 0.15) is 0 Å². The minimum atomic E-state index is -5.17. The second-order valence-corrected chi connectivity index (χ2v) is 6.51. The summed E-state index contributed by atoms with van der Waals surface area (Å²) < 4.78 is 34.1. The fourth-order valence-electron chi connectivity index (χ4n) is 2.19. The second kappa shape index (κ2) is 22.5. The Labute approximate surface area is 158 Å². The summed E-state index contributed by atoms with van der Waals surface area (Å²) in [6.07, 6.45) is 16.9. The number of unbranched alkanes of at least 4 members (excludes halogenated alkanes) is 10. The van der Waals surface area contributed by atoms with Crippen molar-refractivity contribution in [2.45, 2.75) is 90.9 Å². The predicted octanol–water partition coefficient (Wildman–Crippen LogP) is 3.96. The van der Waals surface area contributed by atoms with Crippen molar-refractivity contribution in [1.82, 2.24) is 5.32 Å². The van der Waals surface area contributed by atoms with Crippen LogP contribution in [0.1, 0.15) is 90.9 Å². The van der Waals surface area contributed by atoms with Crippen LogP contribution in [0, 0.1) is 0 Å². The van der Waals surface area contributed by atoms with Crippen molar-refractivity contribution >= 4 is 10.4 Å². The molecule has 5 nitrogen and oxygen atoms in total. The average molecular weight is 533 g/mol. The summed E-state index contributed by atoms with van der Waals surface area (Å²) in [5.74, 6) is 0. The first kappa shape index (κ1) is 28.3. The maximum atomic E-state index is 8.52. The van der Waals surface area contributed by atoms with E-state index in [1.165, 1.54) is 90.1 Å². The summed E-state index contributed by atoms with van der Waals surface area (Å²) in [6.45, 7) is 7.03. The summed E-state index contributed by atoms with van der Waals surface area (Å²) in [6, 6.07) is 0. The molecule has 23 heavy (non-hydrogen) atoms. The molecule has 0 saturated heterocycles. The minimum Gasteiger partial charge on any atom is -0.759 e. The number of hydrogen-bond donors (Lipinski definition) is 1. The van der Waals surface area contributed by atoms with Gasteiger partial charge < -0.3 is 14.4 Å². The van der Waals surface area contributed by atoms with Crippen molar-refractivity contribution < 1.29 is 38.6 Å². The summed E-state index contributed by atoms with van der Waals surface area (Å²) in [7, 11) is -5.17. The fourth-order valence-corrected chi connectivity index (χ4v) is 2.19. The largest absolute Gasteiger partial charge is 2.00 e. The zero-order chi connectivity index (χ0) is 17.1. The van der Waals surface area contributed by atoms with Crippen LogP contribution in [-0.4, -0.2) is 30.6 Å². The molecule has 0 aromatic heterocycles. The molecule has 144 valence electrons. The van der Waals surface area contributed by atoms with Gasteiger partial charge in [-0.25, -0.2) is 0 Å². The van der Waals surface area contributed by atoms with E-state index in [2.05, 4.69) is 19.2 Å². The van der Waals surface area contributed by atoms with Gasteiger partial charge in [0.05, 0.1) is 0 Å². The van der Waals surface area contributed by atoms with Crippen LogP contribution in [-0.2, 0) is 31.5 Å². The summed E-state index contributed by atoms with van der Waals surface area (Å²) >= 11 is 0. The maximum absolute atomic E-state index is 8.52. The first-order valence-corrected chi connectivity index (χ1v) is 10.1. The fraction of sp³-hybridized carbons (Fsp3) is 1.00. The molecule has 0 aromatic carbocycles. The molecule has 0 amide bonds. The molecular weight excluding hydrogens is 497 g/mol. The molecule has 0 heterocycles. The monoisotopic (exact) mass is 532 g/mol. The normalized spacial score (nSPS) is 10.6. The first-order valence-electron chi connectivity index (χ1n) is 8.79. The van der Waals surface area contributed by atoms with E-state index >= 15 is 0 Å². The van der Waals surface area contributed by atoms with Gasteiger partial charge >= 0.3 is 21.1 Å². The molecule has 0 radical (unpaired) electrons. The molecule has 0 rings (SSSR count). The van der Waals surface area contributed by atoms with Crippen LogP contribution in [0.2, 0.25) is 0 Å². The molecule has 0 aromatic rings. The van der Waals surface area contributed by atoms with Crippen LogP contribution in [0.4, 0.5) is 0 Å². The Morgan fingerprint density at radius 2 is 0.913 bits per heavy atom. The van der Waals surface area contributed by atoms with Crippen LogP contribution in [0.5, 0.6) is 0 Å². The van der Waals surface area contributed by atoms with Gasteiger partial charge in [0.25, 0.3) is 0 Å². The quantitative estimate of drug-likeness (QED) is 0.208. The van der Waals surface area contributed by atoms with E-state index in [0.29, 0.717) is 0 Å². The van der Waals surface area contributed by atoms with E-state index in [1.807, 2.05) is 0 Å². The topological polar surface area (TPSA) is 92.3 Å². The van der Waals surface area contributed by atoms with Crippen LogP contribution in [0.15, 0.2) is 0 Å². The molecule has 0 unspecified atom stereocenters. The van der Waals surface area contributed by atoms with Crippen LogP contribution in [0.3, 0.4) is 0 Å². The zero-order valence-electron chi connectivity index (χ0n) is 14.8. The zero-order valence-corrected chi connectivity index (χ0v) is 17.8. The standard InChI is InChI=1S/C16H35N.H2O4S.Pt/c1-3-5-7-9-11-13-15-17-16-14-12-10-8-6-4-2;1-5(2,3)4;/h17H,3-16H2,1-2H3;(H2,1,2,3,4);/q;;+2/p-2. The molecule has 1 N–H and O–H groups in total. The average Bonchev–Trinajstić information content (AvgIpc) is 2.42. The number of rotatable bonds is 14. The van der Waals surface area contributed by atoms with Crippen molar-refractivity contribution in [1.29, 1.82) is 0 Å². The Balaban J connectivity index is -0.000000578. The van der Waals surface area contributed by atoms with Gasteiger partial charge in [-0.3, -0.25) is 8.42 Å². The minimum absolute atomic E-state index is 0. The van der Waals surface area contributed by atoms with E-state index in [4.69, 9.17) is 17.5 Å². The van der Waals surface area contributed by atoms with Crippen molar-refractivity contribution in [3.8, 4) is 0 Å². The third-order valence-electron chi connectivity index (χ3n) is 3.41. The Bertz CT molecular complexity index is 278. The first-order chi connectivity index (χ1) is 10.4. The molecule has 0 aliphatic carbocycles. The Morgan fingerprint density at radius 3 is 1.22 bits per heavy atom. The predicted molar refractivity (Wildman–Crippen MR) is 90.1 cm³/mol. The van der Waals surface area contributed by atoms with E-state index < -0.39 is 10.4 Å². The van der Waals surface area contributed by atoms with E-state index in [9.17, 15) is 0 Å². The molecule has 0 aliphatic rings. The van der Waals surface area contributed by atoms with Crippen molar-refractivity contribution in [2.24, 2.45) is 0 Å². The molecule has 0 aliphatic heterocycles. The van der Waals surface area contributed by atoms with Crippen molar-refractivity contribution in [2.75, 3.05) is 13.1 Å². The Kier molecular flexibility index (Phi) is 27.7. The third kappa shape index (κ3) is 45.0. The van der Waals surface area contributed by atoms with Gasteiger partial charge in [-0.1, -0.05) is 78.1 Å². The smallest absolute Gasteiger partial charge is 0.759 e. The SMILES string of the molecule is CCCCCCCCNCCCCCCCC.O=S(=O)([O-])[O-].[Pt+2]. The third-order valence-corrected chi connectivity index (χ3v) is 3.41.